The van der Waals surface area contributed by atoms with E-state index in [0.717, 1.165) is 18.5 Å². The van der Waals surface area contributed by atoms with Crippen molar-refractivity contribution in [1.29, 1.82) is 0 Å². The maximum Gasteiger partial charge on any atom is 0.250 e. The van der Waals surface area contributed by atoms with Crippen molar-refractivity contribution in [2.75, 3.05) is 20.6 Å². The second-order valence-electron chi connectivity index (χ2n) is 4.16. The van der Waals surface area contributed by atoms with Crippen LogP contribution in [-0.2, 0) is 4.79 Å². The molecule has 3 nitrogen and oxygen atoms in total. The molecule has 0 aliphatic heterocycles. The van der Waals surface area contributed by atoms with Gasteiger partial charge in [0.25, 0.3) is 0 Å². The van der Waals surface area contributed by atoms with Crippen molar-refractivity contribution in [2.45, 2.75) is 27.2 Å². The van der Waals surface area contributed by atoms with E-state index in [-0.39, 0.29) is 5.91 Å². The smallest absolute Gasteiger partial charge is 0.250 e. The first kappa shape index (κ1) is 13.0. The maximum atomic E-state index is 11.4. The van der Waals surface area contributed by atoms with Crippen LogP contribution in [0.4, 0.5) is 0 Å². The summed E-state index contributed by atoms with van der Waals surface area (Å²) in [5.41, 5.74) is 0.749. The number of nitrogens with zero attached hydrogens (tertiary/aromatic N) is 1. The molecule has 0 saturated carbocycles. The number of rotatable bonds is 5. The van der Waals surface area contributed by atoms with Crippen molar-refractivity contribution < 1.29 is 4.79 Å². The average Bonchev–Trinajstić information content (AvgIpc) is 2.10. The lowest BCUT2D eigenvalue weighted by molar-refractivity contribution is -0.124. The lowest BCUT2D eigenvalue weighted by Crippen LogP contribution is -2.23. The molecule has 0 aliphatic rings. The zero-order chi connectivity index (χ0) is 11.1. The highest BCUT2D eigenvalue weighted by molar-refractivity contribution is 5.92. The topological polar surface area (TPSA) is 32.3 Å². The Bertz CT molecular complexity index is 207. The highest BCUT2D eigenvalue weighted by atomic mass is 16.2. The van der Waals surface area contributed by atoms with Crippen molar-refractivity contribution in [2.24, 2.45) is 5.92 Å². The Morgan fingerprint density at radius 1 is 1.43 bits per heavy atom. The Morgan fingerprint density at radius 3 is 2.43 bits per heavy atom. The molecular weight excluding hydrogens is 176 g/mol. The summed E-state index contributed by atoms with van der Waals surface area (Å²) in [5, 5.41) is 3.14. The summed E-state index contributed by atoms with van der Waals surface area (Å²) in [7, 11) is 3.52. The van der Waals surface area contributed by atoms with Crippen LogP contribution in [0.2, 0.25) is 0 Å². The van der Waals surface area contributed by atoms with Crippen LogP contribution < -0.4 is 5.32 Å². The second-order valence-corrected chi connectivity index (χ2v) is 4.16. The molecule has 0 aliphatic carbocycles. The number of likely N-dealkylation sites (N-methyl/N-ethyl adjacent to an activating group) is 1. The summed E-state index contributed by atoms with van der Waals surface area (Å²) in [6, 6.07) is 0. The number of hydrogen-bond acceptors (Lipinski definition) is 2. The van der Waals surface area contributed by atoms with Crippen LogP contribution in [-0.4, -0.2) is 31.4 Å². The minimum atomic E-state index is 0.0575. The SMILES string of the molecule is CC(=CNCCC(C)C)C(=O)N(C)C. The van der Waals surface area contributed by atoms with E-state index in [9.17, 15) is 4.79 Å². The summed E-state index contributed by atoms with van der Waals surface area (Å²) in [5.74, 6) is 0.753. The van der Waals surface area contributed by atoms with Crippen molar-refractivity contribution in [1.82, 2.24) is 10.2 Å². The lowest BCUT2D eigenvalue weighted by Gasteiger charge is -2.11. The molecule has 1 amide bonds. The Balaban J connectivity index is 3.83. The van der Waals surface area contributed by atoms with E-state index in [4.69, 9.17) is 0 Å². The molecule has 0 aromatic carbocycles. The number of amides is 1. The van der Waals surface area contributed by atoms with E-state index in [2.05, 4.69) is 19.2 Å². The van der Waals surface area contributed by atoms with E-state index in [1.54, 1.807) is 25.2 Å². The first-order valence-corrected chi connectivity index (χ1v) is 5.07. The molecule has 0 saturated heterocycles. The third kappa shape index (κ3) is 5.62. The predicted octanol–water partition coefficient (Wildman–Crippen LogP) is 1.61. The van der Waals surface area contributed by atoms with Gasteiger partial charge in [0.2, 0.25) is 5.91 Å². The van der Waals surface area contributed by atoms with Gasteiger partial charge in [0.15, 0.2) is 0 Å². The summed E-state index contributed by atoms with van der Waals surface area (Å²) < 4.78 is 0. The van der Waals surface area contributed by atoms with Crippen LogP contribution in [0, 0.1) is 5.92 Å². The molecule has 0 aromatic rings. The minimum absolute atomic E-state index is 0.0575. The van der Waals surface area contributed by atoms with Crippen molar-refractivity contribution in [3.63, 3.8) is 0 Å². The third-order valence-corrected chi connectivity index (χ3v) is 1.93. The van der Waals surface area contributed by atoms with Crippen LogP contribution in [0.25, 0.3) is 0 Å². The molecule has 0 spiro atoms. The second kappa shape index (κ2) is 6.46. The maximum absolute atomic E-state index is 11.4. The molecule has 0 aromatic heterocycles. The largest absolute Gasteiger partial charge is 0.391 e. The van der Waals surface area contributed by atoms with Crippen molar-refractivity contribution in [3.05, 3.63) is 11.8 Å². The minimum Gasteiger partial charge on any atom is -0.391 e. The molecule has 0 rings (SSSR count). The van der Waals surface area contributed by atoms with Crippen LogP contribution in [0.3, 0.4) is 0 Å². The van der Waals surface area contributed by atoms with Crippen LogP contribution >= 0.6 is 0 Å². The normalized spacial score (nSPS) is 11.7. The molecule has 82 valence electrons. The Morgan fingerprint density at radius 2 is 2.00 bits per heavy atom. The van der Waals surface area contributed by atoms with Gasteiger partial charge < -0.3 is 10.2 Å². The summed E-state index contributed by atoms with van der Waals surface area (Å²) in [6.45, 7) is 7.12. The van der Waals surface area contributed by atoms with Gasteiger partial charge in [-0.1, -0.05) is 13.8 Å². The zero-order valence-corrected chi connectivity index (χ0v) is 9.92. The molecule has 0 heterocycles. The number of hydrogen-bond donors (Lipinski definition) is 1. The van der Waals surface area contributed by atoms with Crippen molar-refractivity contribution in [3.8, 4) is 0 Å². The molecule has 0 radical (unpaired) electrons. The summed E-state index contributed by atoms with van der Waals surface area (Å²) >= 11 is 0. The van der Waals surface area contributed by atoms with E-state index in [1.807, 2.05) is 6.92 Å². The van der Waals surface area contributed by atoms with E-state index in [0.29, 0.717) is 5.92 Å². The first-order valence-electron chi connectivity index (χ1n) is 5.07. The fourth-order valence-electron chi connectivity index (χ4n) is 1.01. The van der Waals surface area contributed by atoms with Crippen LogP contribution in [0.15, 0.2) is 11.8 Å². The molecule has 0 bridgehead atoms. The van der Waals surface area contributed by atoms with Gasteiger partial charge in [0.05, 0.1) is 0 Å². The molecule has 14 heavy (non-hydrogen) atoms. The van der Waals surface area contributed by atoms with Crippen molar-refractivity contribution >= 4 is 5.91 Å². The summed E-state index contributed by atoms with van der Waals surface area (Å²) in [4.78, 5) is 13.0. The lowest BCUT2D eigenvalue weighted by atomic mass is 10.1. The predicted molar refractivity (Wildman–Crippen MR) is 59.9 cm³/mol. The number of carbonyl (C=O) groups excluding carboxylic acids is 1. The monoisotopic (exact) mass is 198 g/mol. The van der Waals surface area contributed by atoms with Gasteiger partial charge in [0.1, 0.15) is 0 Å². The quantitative estimate of drug-likeness (QED) is 0.538. The molecule has 3 heteroatoms. The highest BCUT2D eigenvalue weighted by Crippen LogP contribution is 1.98. The van der Waals surface area contributed by atoms with Gasteiger partial charge in [0, 0.05) is 32.4 Å². The van der Waals surface area contributed by atoms with Gasteiger partial charge in [-0.3, -0.25) is 4.79 Å². The molecular formula is C11H22N2O. The van der Waals surface area contributed by atoms with Crippen LogP contribution in [0.1, 0.15) is 27.2 Å². The molecule has 1 N–H and O–H groups in total. The Hall–Kier alpha value is -0.990. The fourth-order valence-corrected chi connectivity index (χ4v) is 1.01. The third-order valence-electron chi connectivity index (χ3n) is 1.93. The highest BCUT2D eigenvalue weighted by Gasteiger charge is 2.04. The zero-order valence-electron chi connectivity index (χ0n) is 9.92. The van der Waals surface area contributed by atoms with Crippen LogP contribution in [0.5, 0.6) is 0 Å². The summed E-state index contributed by atoms with van der Waals surface area (Å²) in [6.07, 6.45) is 2.92. The fraction of sp³-hybridized carbons (Fsp3) is 0.727. The molecule has 0 unspecified atom stereocenters. The van der Waals surface area contributed by atoms with Gasteiger partial charge in [-0.2, -0.15) is 0 Å². The van der Waals surface area contributed by atoms with Gasteiger partial charge in [-0.15, -0.1) is 0 Å². The number of nitrogens with one attached hydrogen (secondary N) is 1. The van der Waals surface area contributed by atoms with E-state index < -0.39 is 0 Å². The van der Waals surface area contributed by atoms with Gasteiger partial charge in [-0.05, 0) is 19.3 Å². The van der Waals surface area contributed by atoms with E-state index in [1.165, 1.54) is 0 Å². The number of carbonyl (C=O) groups is 1. The van der Waals surface area contributed by atoms with Gasteiger partial charge in [-0.25, -0.2) is 0 Å². The molecule has 0 atom stereocenters. The average molecular weight is 198 g/mol. The Labute approximate surface area is 87.2 Å². The standard InChI is InChI=1S/C11H22N2O/c1-9(2)6-7-12-8-10(3)11(14)13(4)5/h8-9,12H,6-7H2,1-5H3. The Kier molecular flexibility index (Phi) is 6.00. The first-order chi connectivity index (χ1) is 6.45. The van der Waals surface area contributed by atoms with Gasteiger partial charge >= 0.3 is 0 Å². The van der Waals surface area contributed by atoms with E-state index >= 15 is 0 Å². The molecule has 0 fully saturated rings.